The lowest BCUT2D eigenvalue weighted by atomic mass is 10.0. The molecule has 1 aliphatic heterocycles. The fourth-order valence-electron chi connectivity index (χ4n) is 2.26. The monoisotopic (exact) mass is 267 g/mol. The van der Waals surface area contributed by atoms with E-state index >= 15 is 0 Å². The molecule has 0 spiro atoms. The van der Waals surface area contributed by atoms with Gasteiger partial charge >= 0.3 is 0 Å². The number of hydrogen-bond acceptors (Lipinski definition) is 4. The predicted molar refractivity (Wildman–Crippen MR) is 76.5 cm³/mol. The number of ether oxygens (including phenoxy) is 2. The molecule has 3 nitrogen and oxygen atoms in total. The molecule has 1 aromatic rings. The summed E-state index contributed by atoms with van der Waals surface area (Å²) in [5, 5.41) is 3.89. The van der Waals surface area contributed by atoms with Crippen LogP contribution in [0.15, 0.2) is 24.3 Å². The second-order valence-electron chi connectivity index (χ2n) is 4.37. The van der Waals surface area contributed by atoms with E-state index in [-0.39, 0.29) is 0 Å². The van der Waals surface area contributed by atoms with Gasteiger partial charge in [-0.2, -0.15) is 11.8 Å². The average Bonchev–Trinajstić information content (AvgIpc) is 2.43. The summed E-state index contributed by atoms with van der Waals surface area (Å²) < 4.78 is 10.9. The fraction of sp³-hybridized carbons (Fsp3) is 0.571. The predicted octanol–water partition coefficient (Wildman–Crippen LogP) is 2.48. The number of thioether (sulfide) groups is 1. The molecule has 4 heteroatoms. The topological polar surface area (TPSA) is 30.5 Å². The second-order valence-corrected chi connectivity index (χ2v) is 5.72. The Morgan fingerprint density at radius 1 is 1.44 bits per heavy atom. The maximum absolute atomic E-state index is 5.83. The molecule has 0 aliphatic carbocycles. The summed E-state index contributed by atoms with van der Waals surface area (Å²) in [5.74, 6) is 2.13. The molecule has 1 N–H and O–H groups in total. The van der Waals surface area contributed by atoms with Crippen LogP contribution in [0.3, 0.4) is 0 Å². The van der Waals surface area contributed by atoms with Crippen LogP contribution in [-0.2, 0) is 4.74 Å². The first kappa shape index (κ1) is 13.7. The van der Waals surface area contributed by atoms with Gasteiger partial charge in [-0.3, -0.25) is 0 Å². The van der Waals surface area contributed by atoms with E-state index in [1.165, 1.54) is 5.56 Å². The number of benzene rings is 1. The Morgan fingerprint density at radius 3 is 3.06 bits per heavy atom. The van der Waals surface area contributed by atoms with Crippen molar-refractivity contribution in [2.24, 2.45) is 0 Å². The quantitative estimate of drug-likeness (QED) is 0.802. The molecule has 2 atom stereocenters. The van der Waals surface area contributed by atoms with Crippen LogP contribution in [0.25, 0.3) is 0 Å². The van der Waals surface area contributed by atoms with E-state index in [9.17, 15) is 0 Å². The normalized spacial score (nSPS) is 22.3. The largest absolute Gasteiger partial charge is 0.492 e. The van der Waals surface area contributed by atoms with E-state index < -0.39 is 0 Å². The minimum atomic E-state index is 0.377. The van der Waals surface area contributed by atoms with Crippen LogP contribution in [0.1, 0.15) is 18.0 Å². The van der Waals surface area contributed by atoms with Crippen molar-refractivity contribution < 1.29 is 9.47 Å². The molecule has 1 aliphatic rings. The third-order valence-electron chi connectivity index (χ3n) is 3.16. The van der Waals surface area contributed by atoms with Crippen molar-refractivity contribution in [2.75, 3.05) is 33.1 Å². The summed E-state index contributed by atoms with van der Waals surface area (Å²) >= 11 is 1.97. The third kappa shape index (κ3) is 3.19. The van der Waals surface area contributed by atoms with E-state index in [1.807, 2.05) is 30.9 Å². The summed E-state index contributed by atoms with van der Waals surface area (Å²) in [6.07, 6.45) is 1.09. The lowest BCUT2D eigenvalue weighted by Crippen LogP contribution is -2.36. The van der Waals surface area contributed by atoms with Crippen LogP contribution in [0, 0.1) is 0 Å². The molecule has 0 fully saturated rings. The first-order valence-electron chi connectivity index (χ1n) is 6.36. The van der Waals surface area contributed by atoms with Gasteiger partial charge in [-0.05, 0) is 25.3 Å². The van der Waals surface area contributed by atoms with Gasteiger partial charge in [0.25, 0.3) is 0 Å². The summed E-state index contributed by atoms with van der Waals surface area (Å²) in [4.78, 5) is 0. The van der Waals surface area contributed by atoms with Crippen LogP contribution in [-0.4, -0.2) is 38.4 Å². The van der Waals surface area contributed by atoms with E-state index in [2.05, 4.69) is 17.4 Å². The SMILES string of the molecule is CNC1c2ccccc2OCC1SCCCOC. The van der Waals surface area contributed by atoms with Crippen LogP contribution in [0.5, 0.6) is 5.75 Å². The van der Waals surface area contributed by atoms with Crippen molar-refractivity contribution in [3.63, 3.8) is 0 Å². The minimum Gasteiger partial charge on any atom is -0.492 e. The van der Waals surface area contributed by atoms with Crippen molar-refractivity contribution in [1.29, 1.82) is 0 Å². The molecule has 0 saturated heterocycles. The maximum atomic E-state index is 5.83. The number of methoxy groups -OCH3 is 1. The number of fused-ring (bicyclic) bond motifs is 1. The Hall–Kier alpha value is -0.710. The smallest absolute Gasteiger partial charge is 0.124 e. The molecule has 0 bridgehead atoms. The van der Waals surface area contributed by atoms with Crippen LogP contribution in [0.2, 0.25) is 0 Å². The van der Waals surface area contributed by atoms with E-state index in [0.29, 0.717) is 11.3 Å². The van der Waals surface area contributed by atoms with Gasteiger partial charge in [-0.1, -0.05) is 18.2 Å². The van der Waals surface area contributed by atoms with E-state index in [1.54, 1.807) is 7.11 Å². The zero-order valence-electron chi connectivity index (χ0n) is 11.0. The molecular weight excluding hydrogens is 246 g/mol. The van der Waals surface area contributed by atoms with Gasteiger partial charge in [0.1, 0.15) is 12.4 Å². The number of nitrogens with one attached hydrogen (secondary N) is 1. The number of rotatable bonds is 6. The summed E-state index contributed by atoms with van der Waals surface area (Å²) in [7, 11) is 3.77. The zero-order chi connectivity index (χ0) is 12.8. The van der Waals surface area contributed by atoms with Gasteiger partial charge in [0.2, 0.25) is 0 Å². The van der Waals surface area contributed by atoms with Gasteiger partial charge in [-0.25, -0.2) is 0 Å². The van der Waals surface area contributed by atoms with Gasteiger partial charge in [0.15, 0.2) is 0 Å². The number of para-hydroxylation sites is 1. The lowest BCUT2D eigenvalue weighted by Gasteiger charge is -2.33. The van der Waals surface area contributed by atoms with E-state index in [4.69, 9.17) is 9.47 Å². The third-order valence-corrected chi connectivity index (χ3v) is 4.53. The molecule has 1 heterocycles. The van der Waals surface area contributed by atoms with Crippen LogP contribution < -0.4 is 10.1 Å². The standard InChI is InChI=1S/C14H21NO2S/c1-15-14-11-6-3-4-7-12(11)17-10-13(14)18-9-5-8-16-2/h3-4,6-7,13-15H,5,8-10H2,1-2H3. The summed E-state index contributed by atoms with van der Waals surface area (Å²) in [6, 6.07) is 8.67. The molecule has 0 radical (unpaired) electrons. The van der Waals surface area contributed by atoms with Crippen molar-refractivity contribution >= 4 is 11.8 Å². The van der Waals surface area contributed by atoms with Crippen LogP contribution >= 0.6 is 11.8 Å². The molecular formula is C14H21NO2S. The van der Waals surface area contributed by atoms with Crippen molar-refractivity contribution in [2.45, 2.75) is 17.7 Å². The van der Waals surface area contributed by atoms with Gasteiger partial charge in [0, 0.05) is 19.3 Å². The highest BCUT2D eigenvalue weighted by atomic mass is 32.2. The molecule has 18 heavy (non-hydrogen) atoms. The highest BCUT2D eigenvalue weighted by molar-refractivity contribution is 7.99. The lowest BCUT2D eigenvalue weighted by molar-refractivity contribution is 0.200. The van der Waals surface area contributed by atoms with Crippen molar-refractivity contribution in [1.82, 2.24) is 5.32 Å². The Bertz CT molecular complexity index is 373. The van der Waals surface area contributed by atoms with Gasteiger partial charge in [0.05, 0.1) is 11.3 Å². The van der Waals surface area contributed by atoms with Gasteiger partial charge in [-0.15, -0.1) is 0 Å². The number of hydrogen-bond donors (Lipinski definition) is 1. The maximum Gasteiger partial charge on any atom is 0.124 e. The average molecular weight is 267 g/mol. The highest BCUT2D eigenvalue weighted by Crippen LogP contribution is 2.37. The Balaban J connectivity index is 1.97. The zero-order valence-corrected chi connectivity index (χ0v) is 11.8. The molecule has 0 amide bonds. The summed E-state index contributed by atoms with van der Waals surface area (Å²) in [6.45, 7) is 1.61. The van der Waals surface area contributed by atoms with E-state index in [0.717, 1.165) is 31.1 Å². The Labute approximate surface area is 113 Å². The molecule has 0 saturated carbocycles. The Kier molecular flexibility index (Phi) is 5.35. The molecule has 0 aromatic heterocycles. The second kappa shape index (κ2) is 7.02. The van der Waals surface area contributed by atoms with Crippen LogP contribution in [0.4, 0.5) is 0 Å². The molecule has 1 aromatic carbocycles. The minimum absolute atomic E-state index is 0.377. The fourth-order valence-corrected chi connectivity index (χ4v) is 3.49. The molecule has 2 unspecified atom stereocenters. The van der Waals surface area contributed by atoms with Crippen molar-refractivity contribution in [3.05, 3.63) is 29.8 Å². The summed E-state index contributed by atoms with van der Waals surface area (Å²) in [5.41, 5.74) is 1.27. The Morgan fingerprint density at radius 2 is 2.28 bits per heavy atom. The molecule has 2 rings (SSSR count). The first-order valence-corrected chi connectivity index (χ1v) is 7.41. The molecule has 100 valence electrons. The highest BCUT2D eigenvalue weighted by Gasteiger charge is 2.29. The first-order chi connectivity index (χ1) is 8.86. The van der Waals surface area contributed by atoms with Gasteiger partial charge < -0.3 is 14.8 Å². The van der Waals surface area contributed by atoms with Crippen molar-refractivity contribution in [3.8, 4) is 5.75 Å².